The number of likely N-dealkylation sites (tertiary alicyclic amines) is 1. The van der Waals surface area contributed by atoms with Gasteiger partial charge in [-0.05, 0) is 74.5 Å². The predicted molar refractivity (Wildman–Crippen MR) is 140 cm³/mol. The fourth-order valence-corrected chi connectivity index (χ4v) is 5.94. The zero-order valence-electron chi connectivity index (χ0n) is 20.0. The monoisotopic (exact) mass is 453 g/mol. The summed E-state index contributed by atoms with van der Waals surface area (Å²) in [5.41, 5.74) is 6.62. The van der Waals surface area contributed by atoms with Crippen LogP contribution in [0.25, 0.3) is 0 Å². The Morgan fingerprint density at radius 2 is 1.62 bits per heavy atom. The van der Waals surface area contributed by atoms with E-state index in [0.29, 0.717) is 12.6 Å². The number of nitrogens with zero attached hydrogens (tertiary/aromatic N) is 3. The summed E-state index contributed by atoms with van der Waals surface area (Å²) in [4.78, 5) is 7.77. The quantitative estimate of drug-likeness (QED) is 0.454. The zero-order chi connectivity index (χ0) is 22.7. The van der Waals surface area contributed by atoms with E-state index in [4.69, 9.17) is 4.74 Å². The molecule has 2 fully saturated rings. The number of fused-ring (bicyclic) bond motifs is 2. The molecule has 0 bridgehead atoms. The highest BCUT2D eigenvalue weighted by Gasteiger charge is 2.29. The summed E-state index contributed by atoms with van der Waals surface area (Å²) in [6, 6.07) is 27.1. The van der Waals surface area contributed by atoms with Gasteiger partial charge in [-0.15, -0.1) is 0 Å². The van der Waals surface area contributed by atoms with Gasteiger partial charge >= 0.3 is 0 Å². The van der Waals surface area contributed by atoms with Gasteiger partial charge in [-0.3, -0.25) is 4.90 Å². The maximum absolute atomic E-state index is 6.20. The second-order valence-electron chi connectivity index (χ2n) is 9.94. The maximum Gasteiger partial charge on any atom is 0.143 e. The largest absolute Gasteiger partial charge is 0.487 e. The summed E-state index contributed by atoms with van der Waals surface area (Å²) < 4.78 is 6.20. The fourth-order valence-electron chi connectivity index (χ4n) is 5.94. The van der Waals surface area contributed by atoms with E-state index in [0.717, 1.165) is 25.3 Å². The summed E-state index contributed by atoms with van der Waals surface area (Å²) in [7, 11) is 0. The van der Waals surface area contributed by atoms with E-state index in [1.807, 2.05) is 0 Å². The van der Waals surface area contributed by atoms with E-state index in [1.165, 1.54) is 73.5 Å². The van der Waals surface area contributed by atoms with Crippen LogP contribution in [0.4, 0.5) is 17.1 Å². The van der Waals surface area contributed by atoms with Gasteiger partial charge in [-0.1, -0.05) is 42.5 Å². The van der Waals surface area contributed by atoms with Gasteiger partial charge in [0, 0.05) is 49.2 Å². The minimum Gasteiger partial charge on any atom is -0.487 e. The lowest BCUT2D eigenvalue weighted by Gasteiger charge is -2.32. The molecule has 1 atom stereocenters. The van der Waals surface area contributed by atoms with Crippen molar-refractivity contribution in [2.75, 3.05) is 42.5 Å². The number of rotatable bonds is 6. The molecule has 3 aliphatic heterocycles. The zero-order valence-corrected chi connectivity index (χ0v) is 20.0. The topological polar surface area (TPSA) is 19.0 Å². The molecule has 4 nitrogen and oxygen atoms in total. The highest BCUT2D eigenvalue weighted by atomic mass is 16.5. The number of benzene rings is 3. The van der Waals surface area contributed by atoms with Gasteiger partial charge in [0.15, 0.2) is 0 Å². The molecule has 0 radical (unpaired) electrons. The Bertz CT molecular complexity index is 1080. The van der Waals surface area contributed by atoms with Crippen molar-refractivity contribution in [3.63, 3.8) is 0 Å². The van der Waals surface area contributed by atoms with Crippen LogP contribution in [0.5, 0.6) is 5.75 Å². The van der Waals surface area contributed by atoms with Crippen LogP contribution in [0.3, 0.4) is 0 Å². The van der Waals surface area contributed by atoms with Gasteiger partial charge in [0.05, 0.1) is 5.69 Å². The van der Waals surface area contributed by atoms with Crippen molar-refractivity contribution in [1.29, 1.82) is 0 Å². The molecule has 0 aliphatic carbocycles. The molecule has 3 aromatic carbocycles. The average Bonchev–Trinajstić information content (AvgIpc) is 3.55. The molecule has 3 aromatic rings. The van der Waals surface area contributed by atoms with Crippen molar-refractivity contribution in [2.24, 2.45) is 0 Å². The summed E-state index contributed by atoms with van der Waals surface area (Å²) in [5.74, 6) is 0.988. The van der Waals surface area contributed by atoms with Crippen molar-refractivity contribution >= 4 is 17.1 Å². The number of ether oxygens (including phenoxy) is 1. The van der Waals surface area contributed by atoms with Gasteiger partial charge < -0.3 is 14.5 Å². The van der Waals surface area contributed by atoms with Crippen LogP contribution in [0.1, 0.15) is 36.8 Å². The fraction of sp³-hybridized carbons (Fsp3) is 0.400. The molecular weight excluding hydrogens is 418 g/mol. The Hall–Kier alpha value is -2.98. The predicted octanol–water partition coefficient (Wildman–Crippen LogP) is 6.02. The van der Waals surface area contributed by atoms with Crippen LogP contribution in [0.15, 0.2) is 72.8 Å². The number of hydrogen-bond donors (Lipinski definition) is 0. The molecule has 4 heteroatoms. The first kappa shape index (κ1) is 21.5. The van der Waals surface area contributed by atoms with Crippen molar-refractivity contribution in [2.45, 2.75) is 44.8 Å². The molecule has 34 heavy (non-hydrogen) atoms. The first-order valence-electron chi connectivity index (χ1n) is 13.0. The minimum absolute atomic E-state index is 0.556. The van der Waals surface area contributed by atoms with Gasteiger partial charge in [0.2, 0.25) is 0 Å². The second kappa shape index (κ2) is 9.71. The van der Waals surface area contributed by atoms with Crippen LogP contribution in [-0.2, 0) is 13.0 Å². The molecule has 0 N–H and O–H groups in total. The maximum atomic E-state index is 6.20. The first-order chi connectivity index (χ1) is 16.8. The molecule has 3 aliphatic rings. The minimum atomic E-state index is 0.556. The lowest BCUT2D eigenvalue weighted by molar-refractivity contribution is 0.261. The van der Waals surface area contributed by atoms with Gasteiger partial charge in [-0.2, -0.15) is 0 Å². The highest BCUT2D eigenvalue weighted by molar-refractivity contribution is 5.72. The molecule has 3 heterocycles. The number of para-hydroxylation sites is 3. The van der Waals surface area contributed by atoms with E-state index in [9.17, 15) is 0 Å². The molecule has 1 unspecified atom stereocenters. The third kappa shape index (κ3) is 4.39. The van der Waals surface area contributed by atoms with E-state index < -0.39 is 0 Å². The summed E-state index contributed by atoms with van der Waals surface area (Å²) >= 11 is 0. The summed E-state index contributed by atoms with van der Waals surface area (Å²) in [6.07, 6.45) is 6.32. The van der Waals surface area contributed by atoms with Crippen LogP contribution < -0.4 is 14.5 Å². The van der Waals surface area contributed by atoms with Crippen LogP contribution in [-0.4, -0.2) is 43.7 Å². The Kier molecular flexibility index (Phi) is 6.15. The standard InChI is InChI=1S/C30H35N3O/c1-2-13-28-25(10-1)23-34-30-15-4-3-14-29(30)33(28)22-27-12-8-19-32(27)20-16-24-9-7-11-26(21-24)31-17-5-6-18-31/h1-4,7,9-11,13-15,21,27H,5-6,8,12,16-20,22-23H2. The summed E-state index contributed by atoms with van der Waals surface area (Å²) in [5, 5.41) is 0. The Balaban J connectivity index is 1.18. The molecule has 0 amide bonds. The van der Waals surface area contributed by atoms with E-state index >= 15 is 0 Å². The third-order valence-corrected chi connectivity index (χ3v) is 7.78. The smallest absolute Gasteiger partial charge is 0.143 e. The first-order valence-corrected chi connectivity index (χ1v) is 13.0. The SMILES string of the molecule is c1cc(CCN2CCCC2CN2c3ccccc3COc3ccccc32)cc(N2CCCC2)c1. The Morgan fingerprint density at radius 3 is 2.53 bits per heavy atom. The Morgan fingerprint density at radius 1 is 0.794 bits per heavy atom. The molecular formula is C30H35N3O. The van der Waals surface area contributed by atoms with Gasteiger partial charge in [0.1, 0.15) is 12.4 Å². The van der Waals surface area contributed by atoms with Crippen LogP contribution >= 0.6 is 0 Å². The number of hydrogen-bond acceptors (Lipinski definition) is 4. The third-order valence-electron chi connectivity index (χ3n) is 7.78. The molecule has 6 rings (SSSR count). The van der Waals surface area contributed by atoms with Crippen molar-refractivity contribution in [3.8, 4) is 5.75 Å². The molecule has 176 valence electrons. The molecule has 0 spiro atoms. The highest BCUT2D eigenvalue weighted by Crippen LogP contribution is 2.40. The van der Waals surface area contributed by atoms with Crippen LogP contribution in [0, 0.1) is 0 Å². The molecule has 0 saturated carbocycles. The van der Waals surface area contributed by atoms with Gasteiger partial charge in [0.25, 0.3) is 0 Å². The average molecular weight is 454 g/mol. The second-order valence-corrected chi connectivity index (χ2v) is 9.94. The van der Waals surface area contributed by atoms with Crippen molar-refractivity contribution in [3.05, 3.63) is 83.9 Å². The lowest BCUT2D eigenvalue weighted by Crippen LogP contribution is -2.39. The van der Waals surface area contributed by atoms with Crippen molar-refractivity contribution < 1.29 is 4.74 Å². The summed E-state index contributed by atoms with van der Waals surface area (Å²) in [6.45, 7) is 6.38. The van der Waals surface area contributed by atoms with Crippen molar-refractivity contribution in [1.82, 2.24) is 4.90 Å². The van der Waals surface area contributed by atoms with E-state index in [-0.39, 0.29) is 0 Å². The van der Waals surface area contributed by atoms with Crippen LogP contribution in [0.2, 0.25) is 0 Å². The number of anilines is 3. The van der Waals surface area contributed by atoms with E-state index in [1.54, 1.807) is 0 Å². The molecule has 2 saturated heterocycles. The van der Waals surface area contributed by atoms with E-state index in [2.05, 4.69) is 87.5 Å². The normalized spacial score (nSPS) is 20.1. The Labute approximate surface area is 203 Å². The molecule has 0 aromatic heterocycles. The lowest BCUT2D eigenvalue weighted by atomic mass is 10.1. The van der Waals surface area contributed by atoms with Gasteiger partial charge in [-0.25, -0.2) is 0 Å².